The molecule has 2 saturated heterocycles. The van der Waals surface area contributed by atoms with Crippen molar-refractivity contribution >= 4 is 11.7 Å². The molecular weight excluding hydrogens is 304 g/mol. The fourth-order valence-corrected chi connectivity index (χ4v) is 3.66. The van der Waals surface area contributed by atoms with E-state index in [1.54, 1.807) is 0 Å². The van der Waals surface area contributed by atoms with Crippen LogP contribution in [0.5, 0.6) is 0 Å². The number of carbonyl (C=O) groups is 1. The molecule has 1 saturated carbocycles. The lowest BCUT2D eigenvalue weighted by Gasteiger charge is -2.32. The third-order valence-corrected chi connectivity index (χ3v) is 5.29. The number of anilines is 1. The monoisotopic (exact) mass is 330 g/mol. The summed E-state index contributed by atoms with van der Waals surface area (Å²) < 4.78 is 5.43. The van der Waals surface area contributed by atoms with E-state index in [0.29, 0.717) is 17.7 Å². The van der Waals surface area contributed by atoms with Gasteiger partial charge in [-0.3, -0.25) is 4.79 Å². The first-order valence-electron chi connectivity index (χ1n) is 9.18. The normalized spacial score (nSPS) is 22.7. The highest BCUT2D eigenvalue weighted by Gasteiger charge is 2.35. The summed E-state index contributed by atoms with van der Waals surface area (Å²) in [7, 11) is 0. The Labute approximate surface area is 143 Å². The number of carbonyl (C=O) groups excluding carboxylic acids is 1. The van der Waals surface area contributed by atoms with Gasteiger partial charge in [-0.2, -0.15) is 0 Å². The molecule has 4 rings (SSSR count). The van der Waals surface area contributed by atoms with Crippen LogP contribution < -0.4 is 4.90 Å². The van der Waals surface area contributed by atoms with Gasteiger partial charge in [0.05, 0.1) is 13.2 Å². The van der Waals surface area contributed by atoms with E-state index in [2.05, 4.69) is 11.0 Å². The van der Waals surface area contributed by atoms with Gasteiger partial charge in [0.2, 0.25) is 5.91 Å². The van der Waals surface area contributed by atoms with E-state index in [4.69, 9.17) is 14.7 Å². The van der Waals surface area contributed by atoms with E-state index < -0.39 is 0 Å². The molecule has 1 aromatic rings. The van der Waals surface area contributed by atoms with Gasteiger partial charge in [0.15, 0.2) is 0 Å². The van der Waals surface area contributed by atoms with Crippen molar-refractivity contribution in [2.24, 2.45) is 5.92 Å². The third-order valence-electron chi connectivity index (χ3n) is 5.29. The molecule has 0 aromatic carbocycles. The molecular formula is C18H26N4O2. The second kappa shape index (κ2) is 6.67. The maximum Gasteiger partial charge on any atom is 0.225 e. The Morgan fingerprint density at radius 1 is 1.08 bits per heavy atom. The summed E-state index contributed by atoms with van der Waals surface area (Å²) in [5, 5.41) is 0. The maximum atomic E-state index is 12.2. The van der Waals surface area contributed by atoms with E-state index >= 15 is 0 Å². The third kappa shape index (κ3) is 3.38. The molecule has 0 bridgehead atoms. The fourth-order valence-electron chi connectivity index (χ4n) is 3.66. The van der Waals surface area contributed by atoms with Crippen molar-refractivity contribution in [2.45, 2.75) is 38.5 Å². The summed E-state index contributed by atoms with van der Waals surface area (Å²) in [6, 6.07) is 2.07. The quantitative estimate of drug-likeness (QED) is 0.845. The molecule has 24 heavy (non-hydrogen) atoms. The zero-order valence-electron chi connectivity index (χ0n) is 14.4. The highest BCUT2D eigenvalue weighted by molar-refractivity contribution is 5.81. The largest absolute Gasteiger partial charge is 0.378 e. The average molecular weight is 330 g/mol. The van der Waals surface area contributed by atoms with E-state index in [0.717, 1.165) is 82.4 Å². The summed E-state index contributed by atoms with van der Waals surface area (Å²) in [6.07, 6.45) is 4.13. The minimum Gasteiger partial charge on any atom is -0.378 e. The Morgan fingerprint density at radius 3 is 2.46 bits per heavy atom. The highest BCUT2D eigenvalue weighted by Crippen LogP contribution is 2.34. The number of aryl methyl sites for hydroxylation is 1. The van der Waals surface area contributed by atoms with Crippen molar-refractivity contribution in [2.75, 3.05) is 44.3 Å². The van der Waals surface area contributed by atoms with Crippen molar-refractivity contribution in [1.29, 1.82) is 0 Å². The van der Waals surface area contributed by atoms with Gasteiger partial charge in [-0.25, -0.2) is 9.97 Å². The molecule has 2 aliphatic heterocycles. The van der Waals surface area contributed by atoms with Gasteiger partial charge >= 0.3 is 0 Å². The molecule has 1 aliphatic carbocycles. The molecule has 0 radical (unpaired) electrons. The Balaban J connectivity index is 1.44. The number of piperidine rings is 1. The second-order valence-corrected chi connectivity index (χ2v) is 7.20. The van der Waals surface area contributed by atoms with Crippen LogP contribution in [0.3, 0.4) is 0 Å². The SMILES string of the molecule is Cc1cc(N2CCOCC2)nc(C2CCN(C(=O)C3CC3)CC2)n1. The molecule has 6 heteroatoms. The van der Waals surface area contributed by atoms with Crippen molar-refractivity contribution in [3.8, 4) is 0 Å². The van der Waals surface area contributed by atoms with Crippen molar-refractivity contribution in [3.05, 3.63) is 17.6 Å². The van der Waals surface area contributed by atoms with Gasteiger partial charge in [0, 0.05) is 49.8 Å². The molecule has 130 valence electrons. The summed E-state index contributed by atoms with van der Waals surface area (Å²) in [5.74, 6) is 3.04. The Hall–Kier alpha value is -1.69. The molecule has 0 spiro atoms. The zero-order chi connectivity index (χ0) is 16.5. The first-order chi connectivity index (χ1) is 11.7. The number of ether oxygens (including phenoxy) is 1. The summed E-state index contributed by atoms with van der Waals surface area (Å²) >= 11 is 0. The van der Waals surface area contributed by atoms with Crippen LogP contribution in [0.15, 0.2) is 6.07 Å². The number of likely N-dealkylation sites (tertiary alicyclic amines) is 1. The van der Waals surface area contributed by atoms with Crippen molar-refractivity contribution in [3.63, 3.8) is 0 Å². The molecule has 6 nitrogen and oxygen atoms in total. The predicted molar refractivity (Wildman–Crippen MR) is 91.1 cm³/mol. The van der Waals surface area contributed by atoms with Crippen molar-refractivity contribution in [1.82, 2.24) is 14.9 Å². The zero-order valence-corrected chi connectivity index (χ0v) is 14.4. The predicted octanol–water partition coefficient (Wildman–Crippen LogP) is 1.74. The first kappa shape index (κ1) is 15.8. The van der Waals surface area contributed by atoms with E-state index in [1.165, 1.54) is 0 Å². The second-order valence-electron chi connectivity index (χ2n) is 7.20. The van der Waals surface area contributed by atoms with Crippen LogP contribution in [0.25, 0.3) is 0 Å². The van der Waals surface area contributed by atoms with Gasteiger partial charge in [0.25, 0.3) is 0 Å². The van der Waals surface area contributed by atoms with Crippen LogP contribution in [0.2, 0.25) is 0 Å². The number of morpholine rings is 1. The van der Waals surface area contributed by atoms with Crippen LogP contribution in [0.1, 0.15) is 43.1 Å². The topological polar surface area (TPSA) is 58.6 Å². The number of hydrogen-bond donors (Lipinski definition) is 0. The summed E-state index contributed by atoms with van der Waals surface area (Å²) in [4.78, 5) is 26.1. The van der Waals surface area contributed by atoms with Crippen LogP contribution in [-0.4, -0.2) is 60.2 Å². The van der Waals surface area contributed by atoms with E-state index in [-0.39, 0.29) is 0 Å². The molecule has 1 amide bonds. The number of hydrogen-bond acceptors (Lipinski definition) is 5. The lowest BCUT2D eigenvalue weighted by molar-refractivity contribution is -0.133. The minimum absolute atomic E-state index is 0.324. The number of aromatic nitrogens is 2. The van der Waals surface area contributed by atoms with Gasteiger partial charge in [-0.1, -0.05) is 0 Å². The minimum atomic E-state index is 0.324. The summed E-state index contributed by atoms with van der Waals surface area (Å²) in [6.45, 7) is 7.06. The summed E-state index contributed by atoms with van der Waals surface area (Å²) in [5.41, 5.74) is 1.03. The van der Waals surface area contributed by atoms with Crippen LogP contribution in [-0.2, 0) is 9.53 Å². The molecule has 3 aliphatic rings. The standard InChI is InChI=1S/C18H26N4O2/c1-13-12-16(21-8-10-24-11-9-21)20-17(19-13)14-4-6-22(7-5-14)18(23)15-2-3-15/h12,14-15H,2-11H2,1H3. The van der Waals surface area contributed by atoms with Gasteiger partial charge in [-0.15, -0.1) is 0 Å². The van der Waals surface area contributed by atoms with E-state index in [1.807, 2.05) is 11.8 Å². The first-order valence-corrected chi connectivity index (χ1v) is 9.18. The molecule has 0 N–H and O–H groups in total. The number of rotatable bonds is 3. The van der Waals surface area contributed by atoms with Gasteiger partial charge < -0.3 is 14.5 Å². The van der Waals surface area contributed by atoms with Gasteiger partial charge in [0.1, 0.15) is 11.6 Å². The highest BCUT2D eigenvalue weighted by atomic mass is 16.5. The Kier molecular flexibility index (Phi) is 4.39. The van der Waals surface area contributed by atoms with Crippen LogP contribution in [0.4, 0.5) is 5.82 Å². The molecule has 1 aromatic heterocycles. The van der Waals surface area contributed by atoms with Crippen LogP contribution in [0, 0.1) is 12.8 Å². The molecule has 3 fully saturated rings. The molecule has 3 heterocycles. The fraction of sp³-hybridized carbons (Fsp3) is 0.722. The smallest absolute Gasteiger partial charge is 0.225 e. The lowest BCUT2D eigenvalue weighted by Crippen LogP contribution is -2.39. The average Bonchev–Trinajstić information content (AvgIpc) is 3.47. The Bertz CT molecular complexity index is 603. The van der Waals surface area contributed by atoms with Crippen molar-refractivity contribution < 1.29 is 9.53 Å². The number of nitrogens with zero attached hydrogens (tertiary/aromatic N) is 4. The number of amides is 1. The lowest BCUT2D eigenvalue weighted by atomic mass is 9.95. The van der Waals surface area contributed by atoms with E-state index in [9.17, 15) is 4.79 Å². The Morgan fingerprint density at radius 2 is 1.79 bits per heavy atom. The van der Waals surface area contributed by atoms with Crippen LogP contribution >= 0.6 is 0 Å². The maximum absolute atomic E-state index is 12.2. The molecule has 0 unspecified atom stereocenters. The molecule has 0 atom stereocenters. The van der Waals surface area contributed by atoms with Gasteiger partial charge in [-0.05, 0) is 32.6 Å².